The minimum absolute atomic E-state index is 0.0857. The third-order valence-corrected chi connectivity index (χ3v) is 9.53. The van der Waals surface area contributed by atoms with Crippen molar-refractivity contribution in [1.29, 1.82) is 0 Å². The second-order valence-electron chi connectivity index (χ2n) is 8.90. The van der Waals surface area contributed by atoms with Crippen LogP contribution < -0.4 is 4.90 Å². The first-order valence-corrected chi connectivity index (χ1v) is 14.0. The van der Waals surface area contributed by atoms with Gasteiger partial charge in [0.1, 0.15) is 8.64 Å². The van der Waals surface area contributed by atoms with Gasteiger partial charge in [-0.25, -0.2) is 0 Å². The lowest BCUT2D eigenvalue weighted by atomic mass is 10.0. The topological polar surface area (TPSA) is 42.9 Å². The van der Waals surface area contributed by atoms with Gasteiger partial charge in [0.15, 0.2) is 5.78 Å². The Balaban J connectivity index is 1.81. The number of benzene rings is 1. The average Bonchev–Trinajstić information content (AvgIpc) is 2.82. The number of hydrogen-bond acceptors (Lipinski definition) is 8. The van der Waals surface area contributed by atoms with E-state index in [1.807, 2.05) is 50.1 Å². The van der Waals surface area contributed by atoms with Crippen molar-refractivity contribution in [1.82, 2.24) is 19.7 Å². The number of Topliss-reactive ketones (excluding diaryl/α,β-unsaturated/α-hetero) is 1. The number of hydrogen-bond donors (Lipinski definition) is 0. The summed E-state index contributed by atoms with van der Waals surface area (Å²) in [6.07, 6.45) is 1.71. The highest BCUT2D eigenvalue weighted by Gasteiger charge is 2.23. The quantitative estimate of drug-likeness (QED) is 0.385. The standard InChI is InChI=1S/C24H33N5OS4/c1-26(2)23(31)33-15-19(16-34-24(32)27(3)4)22(30)18-12-17-13-20(6-7-21(17)25-14-18)29-10-8-28(5)9-11-29/h6-7,12-14,19H,8-11,15-16H2,1-5H3. The molecule has 0 saturated carbocycles. The molecule has 1 aromatic carbocycles. The number of anilines is 1. The maximum atomic E-state index is 13.6. The molecule has 6 nitrogen and oxygen atoms in total. The van der Waals surface area contributed by atoms with Crippen molar-refractivity contribution in [3.05, 3.63) is 36.0 Å². The number of fused-ring (bicyclic) bond motifs is 1. The molecule has 0 aliphatic carbocycles. The van der Waals surface area contributed by atoms with Crippen LogP contribution >= 0.6 is 48.0 Å². The fourth-order valence-electron chi connectivity index (χ4n) is 3.55. The van der Waals surface area contributed by atoms with Crippen LogP contribution in [0, 0.1) is 5.92 Å². The van der Waals surface area contributed by atoms with Gasteiger partial charge in [0.05, 0.1) is 5.52 Å². The Labute approximate surface area is 222 Å². The van der Waals surface area contributed by atoms with E-state index in [1.165, 1.54) is 29.2 Å². The maximum absolute atomic E-state index is 13.6. The van der Waals surface area contributed by atoms with Crippen LogP contribution in [0.1, 0.15) is 10.4 Å². The largest absolute Gasteiger partial charge is 0.369 e. The van der Waals surface area contributed by atoms with Crippen molar-refractivity contribution in [3.8, 4) is 0 Å². The van der Waals surface area contributed by atoms with E-state index in [4.69, 9.17) is 24.4 Å². The Morgan fingerprint density at radius 3 is 2.15 bits per heavy atom. The smallest absolute Gasteiger partial charge is 0.169 e. The van der Waals surface area contributed by atoms with Crippen molar-refractivity contribution >= 4 is 79.0 Å². The Morgan fingerprint density at radius 1 is 1.00 bits per heavy atom. The van der Waals surface area contributed by atoms with Crippen LogP contribution in [0.5, 0.6) is 0 Å². The van der Waals surface area contributed by atoms with Gasteiger partial charge in [-0.2, -0.15) is 0 Å². The van der Waals surface area contributed by atoms with Gasteiger partial charge in [-0.05, 0) is 31.3 Å². The third-order valence-electron chi connectivity index (χ3n) is 5.73. The molecule has 0 spiro atoms. The van der Waals surface area contributed by atoms with Crippen LogP contribution in [0.25, 0.3) is 10.9 Å². The van der Waals surface area contributed by atoms with Crippen LogP contribution in [-0.2, 0) is 0 Å². The molecule has 2 aromatic rings. The van der Waals surface area contributed by atoms with Crippen molar-refractivity contribution in [3.63, 3.8) is 0 Å². The first kappa shape index (κ1) is 27.1. The van der Waals surface area contributed by atoms with E-state index >= 15 is 0 Å². The van der Waals surface area contributed by atoms with Crippen LogP contribution in [0.2, 0.25) is 0 Å². The number of thiocarbonyl (C=S) groups is 2. The number of carbonyl (C=O) groups is 1. The summed E-state index contributed by atoms with van der Waals surface area (Å²) in [5.74, 6) is 1.09. The van der Waals surface area contributed by atoms with E-state index in [2.05, 4.69) is 34.0 Å². The lowest BCUT2D eigenvalue weighted by Gasteiger charge is -2.34. The van der Waals surface area contributed by atoms with Crippen LogP contribution in [-0.4, -0.2) is 107 Å². The van der Waals surface area contributed by atoms with Gasteiger partial charge in [0.25, 0.3) is 0 Å². The summed E-state index contributed by atoms with van der Waals surface area (Å²) in [4.78, 5) is 26.7. The summed E-state index contributed by atoms with van der Waals surface area (Å²) in [5.41, 5.74) is 2.72. The number of rotatable bonds is 7. The van der Waals surface area contributed by atoms with Crippen molar-refractivity contribution in [2.24, 2.45) is 5.92 Å². The minimum Gasteiger partial charge on any atom is -0.369 e. The van der Waals surface area contributed by atoms with E-state index < -0.39 is 0 Å². The number of carbonyl (C=O) groups excluding carboxylic acids is 1. The van der Waals surface area contributed by atoms with E-state index in [0.29, 0.717) is 17.1 Å². The zero-order valence-corrected chi connectivity index (χ0v) is 23.8. The Morgan fingerprint density at radius 2 is 1.59 bits per heavy atom. The third kappa shape index (κ3) is 7.27. The van der Waals surface area contributed by atoms with Gasteiger partial charge in [0.2, 0.25) is 0 Å². The molecule has 0 atom stereocenters. The predicted octanol–water partition coefficient (Wildman–Crippen LogP) is 3.94. The summed E-state index contributed by atoms with van der Waals surface area (Å²) in [6.45, 7) is 4.11. The van der Waals surface area contributed by atoms with Gasteiger partial charge >= 0.3 is 0 Å². The second-order valence-corrected chi connectivity index (χ2v) is 12.2. The van der Waals surface area contributed by atoms with E-state index in [-0.39, 0.29) is 11.7 Å². The Bertz CT molecular complexity index is 1010. The van der Waals surface area contributed by atoms with Crippen LogP contribution in [0.4, 0.5) is 5.69 Å². The molecule has 3 rings (SSSR count). The van der Waals surface area contributed by atoms with E-state index in [9.17, 15) is 4.79 Å². The number of nitrogens with zero attached hydrogens (tertiary/aromatic N) is 5. The molecule has 2 heterocycles. The highest BCUT2D eigenvalue weighted by molar-refractivity contribution is 8.23. The molecule has 1 fully saturated rings. The highest BCUT2D eigenvalue weighted by atomic mass is 32.2. The molecule has 1 aromatic heterocycles. The van der Waals surface area contributed by atoms with Crippen LogP contribution in [0.15, 0.2) is 30.5 Å². The zero-order valence-electron chi connectivity index (χ0n) is 20.5. The normalized spacial score (nSPS) is 14.5. The van der Waals surface area contributed by atoms with Gasteiger partial charge in [0, 0.05) is 94.6 Å². The number of thioether (sulfide) groups is 2. The lowest BCUT2D eigenvalue weighted by molar-refractivity contribution is 0.0944. The van der Waals surface area contributed by atoms with Gasteiger partial charge < -0.3 is 19.6 Å². The maximum Gasteiger partial charge on any atom is 0.169 e. The number of likely N-dealkylation sites (N-methyl/N-ethyl adjacent to an activating group) is 1. The summed E-state index contributed by atoms with van der Waals surface area (Å²) in [6, 6.07) is 8.32. The molecule has 10 heteroatoms. The first-order valence-electron chi connectivity index (χ1n) is 11.2. The molecule has 1 aliphatic heterocycles. The summed E-state index contributed by atoms with van der Waals surface area (Å²) < 4.78 is 1.54. The molecule has 0 unspecified atom stereocenters. The van der Waals surface area contributed by atoms with Gasteiger partial charge in [-0.1, -0.05) is 48.0 Å². The zero-order chi connectivity index (χ0) is 24.8. The monoisotopic (exact) mass is 535 g/mol. The van der Waals surface area contributed by atoms with Crippen molar-refractivity contribution in [2.45, 2.75) is 0 Å². The Hall–Kier alpha value is -1.46. The van der Waals surface area contributed by atoms with E-state index in [1.54, 1.807) is 6.20 Å². The van der Waals surface area contributed by atoms with Crippen molar-refractivity contribution in [2.75, 3.05) is 77.8 Å². The summed E-state index contributed by atoms with van der Waals surface area (Å²) in [5, 5.41) is 0.994. The molecule has 34 heavy (non-hydrogen) atoms. The Kier molecular flexibility index (Phi) is 9.96. The van der Waals surface area contributed by atoms with E-state index in [0.717, 1.165) is 45.7 Å². The fourth-order valence-corrected chi connectivity index (χ4v) is 5.85. The molecule has 184 valence electrons. The fraction of sp³-hybridized carbons (Fsp3) is 0.500. The first-order chi connectivity index (χ1) is 16.2. The average molecular weight is 536 g/mol. The number of ketones is 1. The number of piperazine rings is 1. The van der Waals surface area contributed by atoms with Gasteiger partial charge in [-0.15, -0.1) is 0 Å². The molecule has 0 amide bonds. The number of aromatic nitrogens is 1. The molecule has 0 radical (unpaired) electrons. The summed E-state index contributed by atoms with van der Waals surface area (Å²) >= 11 is 14.0. The molecular formula is C24H33N5OS4. The molecule has 1 saturated heterocycles. The van der Waals surface area contributed by atoms with Crippen molar-refractivity contribution < 1.29 is 4.79 Å². The lowest BCUT2D eigenvalue weighted by Crippen LogP contribution is -2.44. The minimum atomic E-state index is -0.217. The predicted molar refractivity (Wildman–Crippen MR) is 157 cm³/mol. The second kappa shape index (κ2) is 12.5. The molecular weight excluding hydrogens is 503 g/mol. The SMILES string of the molecule is CN1CCN(c2ccc3ncc(C(=O)C(CSC(=S)N(C)C)CSC(=S)N(C)C)cc3c2)CC1. The number of pyridine rings is 1. The van der Waals surface area contributed by atoms with Gasteiger partial charge in [-0.3, -0.25) is 9.78 Å². The molecule has 0 bridgehead atoms. The molecule has 1 aliphatic rings. The molecule has 0 N–H and O–H groups in total. The highest BCUT2D eigenvalue weighted by Crippen LogP contribution is 2.26. The summed E-state index contributed by atoms with van der Waals surface area (Å²) in [7, 11) is 9.85. The van der Waals surface area contributed by atoms with Crippen LogP contribution in [0.3, 0.4) is 0 Å².